The average Bonchev–Trinajstić information content (AvgIpc) is 3.18. The van der Waals surface area contributed by atoms with Gasteiger partial charge in [-0.05, 0) is 62.6 Å². The predicted molar refractivity (Wildman–Crippen MR) is 105 cm³/mol. The molecule has 0 bridgehead atoms. The zero-order valence-electron chi connectivity index (χ0n) is 16.2. The highest BCUT2D eigenvalue weighted by atomic mass is 16.3. The van der Waals surface area contributed by atoms with Gasteiger partial charge in [0, 0.05) is 31.5 Å². The number of phenols is 1. The van der Waals surface area contributed by atoms with E-state index in [0.29, 0.717) is 18.9 Å². The lowest BCUT2D eigenvalue weighted by atomic mass is 9.95. The van der Waals surface area contributed by atoms with Gasteiger partial charge < -0.3 is 15.3 Å². The number of aryl methyl sites for hydroxylation is 1. The van der Waals surface area contributed by atoms with Gasteiger partial charge in [0.25, 0.3) is 0 Å². The van der Waals surface area contributed by atoms with E-state index in [1.807, 2.05) is 17.0 Å². The number of amides is 2. The molecule has 148 valence electrons. The molecule has 27 heavy (non-hydrogen) atoms. The maximum atomic E-state index is 12.7. The van der Waals surface area contributed by atoms with E-state index in [2.05, 4.69) is 5.32 Å². The zero-order chi connectivity index (χ0) is 19.1. The Kier molecular flexibility index (Phi) is 7.13. The molecule has 1 aliphatic heterocycles. The largest absolute Gasteiger partial charge is 0.508 e. The first-order chi connectivity index (χ1) is 13.1. The third-order valence-electron chi connectivity index (χ3n) is 5.91. The molecule has 1 aromatic rings. The maximum absolute atomic E-state index is 12.7. The molecular formula is C22H32N2O3. The van der Waals surface area contributed by atoms with Crippen molar-refractivity contribution in [3.63, 3.8) is 0 Å². The smallest absolute Gasteiger partial charge is 0.223 e. The SMILES string of the molecule is O=C(CCC(=O)N1CCCC[C@@H]1CCc1cccc(O)c1)NC1CCCC1. The topological polar surface area (TPSA) is 69.6 Å². The van der Waals surface area contributed by atoms with Crippen LogP contribution in [-0.4, -0.2) is 40.4 Å². The van der Waals surface area contributed by atoms with Crippen molar-refractivity contribution in [2.75, 3.05) is 6.54 Å². The van der Waals surface area contributed by atoms with Crippen molar-refractivity contribution in [2.45, 2.75) is 82.7 Å². The summed E-state index contributed by atoms with van der Waals surface area (Å²) in [6, 6.07) is 7.90. The second kappa shape index (κ2) is 9.77. The molecule has 3 rings (SSSR count). The highest BCUT2D eigenvalue weighted by Crippen LogP contribution is 2.23. The van der Waals surface area contributed by atoms with Gasteiger partial charge in [0.05, 0.1) is 0 Å². The fourth-order valence-electron chi connectivity index (χ4n) is 4.41. The highest BCUT2D eigenvalue weighted by molar-refractivity contribution is 5.84. The molecule has 1 saturated carbocycles. The van der Waals surface area contributed by atoms with Gasteiger partial charge in [-0.3, -0.25) is 9.59 Å². The number of nitrogens with one attached hydrogen (secondary N) is 1. The first kappa shape index (κ1) is 19.7. The quantitative estimate of drug-likeness (QED) is 0.769. The number of aromatic hydroxyl groups is 1. The Labute approximate surface area is 162 Å². The van der Waals surface area contributed by atoms with Crippen LogP contribution in [0, 0.1) is 0 Å². The molecule has 1 saturated heterocycles. The molecule has 0 aromatic heterocycles. The zero-order valence-corrected chi connectivity index (χ0v) is 16.2. The molecule has 0 radical (unpaired) electrons. The Balaban J connectivity index is 1.46. The molecule has 1 heterocycles. The van der Waals surface area contributed by atoms with Gasteiger partial charge >= 0.3 is 0 Å². The van der Waals surface area contributed by atoms with Crippen molar-refractivity contribution < 1.29 is 14.7 Å². The number of phenolic OH excluding ortho intramolecular Hbond substituents is 1. The molecule has 0 unspecified atom stereocenters. The summed E-state index contributed by atoms with van der Waals surface area (Å²) in [5.74, 6) is 0.415. The van der Waals surface area contributed by atoms with Crippen LogP contribution in [-0.2, 0) is 16.0 Å². The number of likely N-dealkylation sites (tertiary alicyclic amines) is 1. The van der Waals surface area contributed by atoms with E-state index in [4.69, 9.17) is 0 Å². The van der Waals surface area contributed by atoms with Gasteiger partial charge in [0.1, 0.15) is 5.75 Å². The molecule has 2 N–H and O–H groups in total. The molecule has 1 atom stereocenters. The summed E-state index contributed by atoms with van der Waals surface area (Å²) in [6.45, 7) is 0.799. The Bertz CT molecular complexity index is 640. The third kappa shape index (κ3) is 5.98. The fraction of sp³-hybridized carbons (Fsp3) is 0.636. The van der Waals surface area contributed by atoms with Gasteiger partial charge in [-0.2, -0.15) is 0 Å². The number of nitrogens with zero attached hydrogens (tertiary/aromatic N) is 1. The number of hydrogen-bond acceptors (Lipinski definition) is 3. The first-order valence-electron chi connectivity index (χ1n) is 10.5. The van der Waals surface area contributed by atoms with Crippen molar-refractivity contribution in [1.82, 2.24) is 10.2 Å². The summed E-state index contributed by atoms with van der Waals surface area (Å²) >= 11 is 0. The average molecular weight is 373 g/mol. The highest BCUT2D eigenvalue weighted by Gasteiger charge is 2.27. The second-order valence-corrected chi connectivity index (χ2v) is 7.99. The van der Waals surface area contributed by atoms with Crippen LogP contribution in [0.2, 0.25) is 0 Å². The molecule has 5 heteroatoms. The second-order valence-electron chi connectivity index (χ2n) is 7.99. The number of carbonyl (C=O) groups is 2. The van der Waals surface area contributed by atoms with E-state index in [9.17, 15) is 14.7 Å². The van der Waals surface area contributed by atoms with Gasteiger partial charge in [0.15, 0.2) is 0 Å². The number of piperidine rings is 1. The molecule has 2 fully saturated rings. The van der Waals surface area contributed by atoms with Crippen molar-refractivity contribution >= 4 is 11.8 Å². The van der Waals surface area contributed by atoms with Crippen LogP contribution in [0.15, 0.2) is 24.3 Å². The van der Waals surface area contributed by atoms with E-state index in [1.165, 1.54) is 12.8 Å². The molecule has 2 aliphatic rings. The van der Waals surface area contributed by atoms with E-state index in [-0.39, 0.29) is 23.6 Å². The molecular weight excluding hydrogens is 340 g/mol. The summed E-state index contributed by atoms with van der Waals surface area (Å²) in [5, 5.41) is 12.7. The number of hydrogen-bond donors (Lipinski definition) is 2. The Morgan fingerprint density at radius 3 is 2.63 bits per heavy atom. The molecule has 1 aromatic carbocycles. The summed E-state index contributed by atoms with van der Waals surface area (Å²) in [6.07, 6.45) is 10.1. The van der Waals surface area contributed by atoms with Gasteiger partial charge in [0.2, 0.25) is 11.8 Å². The molecule has 0 spiro atoms. The fourth-order valence-corrected chi connectivity index (χ4v) is 4.41. The van der Waals surface area contributed by atoms with Gasteiger partial charge in [-0.1, -0.05) is 25.0 Å². The lowest BCUT2D eigenvalue weighted by Gasteiger charge is -2.36. The molecule has 5 nitrogen and oxygen atoms in total. The van der Waals surface area contributed by atoms with Crippen molar-refractivity contribution in [3.05, 3.63) is 29.8 Å². The summed E-state index contributed by atoms with van der Waals surface area (Å²) in [5.41, 5.74) is 1.10. The maximum Gasteiger partial charge on any atom is 0.223 e. The monoisotopic (exact) mass is 372 g/mol. The van der Waals surface area contributed by atoms with E-state index < -0.39 is 0 Å². The predicted octanol–water partition coefficient (Wildman–Crippen LogP) is 3.54. The Morgan fingerprint density at radius 2 is 1.85 bits per heavy atom. The van der Waals surface area contributed by atoms with E-state index in [0.717, 1.165) is 57.1 Å². The lowest BCUT2D eigenvalue weighted by Crippen LogP contribution is -2.44. The minimum absolute atomic E-state index is 0.0172. The number of carbonyl (C=O) groups excluding carboxylic acids is 2. The van der Waals surface area contributed by atoms with Crippen LogP contribution in [0.1, 0.15) is 69.8 Å². The minimum atomic E-state index is 0.0172. The number of benzene rings is 1. The Hall–Kier alpha value is -2.04. The minimum Gasteiger partial charge on any atom is -0.508 e. The Morgan fingerprint density at radius 1 is 1.07 bits per heavy atom. The van der Waals surface area contributed by atoms with Crippen LogP contribution < -0.4 is 5.32 Å². The lowest BCUT2D eigenvalue weighted by molar-refractivity contribution is -0.137. The standard InChI is InChI=1S/C22H32N2O3/c25-20-10-5-6-17(16-20)11-12-19-9-3-4-15-24(19)22(27)14-13-21(26)23-18-7-1-2-8-18/h5-6,10,16,18-19,25H,1-4,7-9,11-15H2,(H,23,26)/t19-/m1/s1. The van der Waals surface area contributed by atoms with E-state index >= 15 is 0 Å². The van der Waals surface area contributed by atoms with Gasteiger partial charge in [-0.15, -0.1) is 0 Å². The van der Waals surface area contributed by atoms with Crippen LogP contribution in [0.3, 0.4) is 0 Å². The van der Waals surface area contributed by atoms with Crippen molar-refractivity contribution in [1.29, 1.82) is 0 Å². The summed E-state index contributed by atoms with van der Waals surface area (Å²) in [7, 11) is 0. The van der Waals surface area contributed by atoms with Crippen molar-refractivity contribution in [2.24, 2.45) is 0 Å². The van der Waals surface area contributed by atoms with Crippen LogP contribution in [0.25, 0.3) is 0 Å². The summed E-state index contributed by atoms with van der Waals surface area (Å²) < 4.78 is 0. The molecule has 2 amide bonds. The third-order valence-corrected chi connectivity index (χ3v) is 5.91. The normalized spacial score (nSPS) is 20.6. The van der Waals surface area contributed by atoms with E-state index in [1.54, 1.807) is 12.1 Å². The van der Waals surface area contributed by atoms with Crippen molar-refractivity contribution in [3.8, 4) is 5.75 Å². The summed E-state index contributed by atoms with van der Waals surface area (Å²) in [4.78, 5) is 26.8. The molecule has 1 aliphatic carbocycles. The van der Waals surface area contributed by atoms with Crippen LogP contribution in [0.5, 0.6) is 5.75 Å². The van der Waals surface area contributed by atoms with Gasteiger partial charge in [-0.25, -0.2) is 0 Å². The van der Waals surface area contributed by atoms with Crippen LogP contribution >= 0.6 is 0 Å². The number of rotatable bonds is 7. The first-order valence-corrected chi connectivity index (χ1v) is 10.5. The van der Waals surface area contributed by atoms with Crippen LogP contribution in [0.4, 0.5) is 0 Å².